The minimum Gasteiger partial charge on any atom is -0.493 e. The van der Waals surface area contributed by atoms with Crippen LogP contribution in [0.5, 0.6) is 5.88 Å². The largest absolute Gasteiger partial charge is 0.493 e. The first-order valence-electron chi connectivity index (χ1n) is 6.19. The lowest BCUT2D eigenvalue weighted by Gasteiger charge is -2.08. The molecule has 0 fully saturated rings. The fraction of sp³-hybridized carbons (Fsp3) is 0. The SMILES string of the molecule is O=C(Nc1cccc2ccccc12)c1cccc(O)n1. The van der Waals surface area contributed by atoms with Crippen molar-refractivity contribution in [3.8, 4) is 5.88 Å². The number of anilines is 1. The molecule has 4 heteroatoms. The van der Waals surface area contributed by atoms with Crippen molar-refractivity contribution >= 4 is 22.4 Å². The summed E-state index contributed by atoms with van der Waals surface area (Å²) in [5.41, 5.74) is 0.899. The summed E-state index contributed by atoms with van der Waals surface area (Å²) in [4.78, 5) is 15.9. The van der Waals surface area contributed by atoms with Gasteiger partial charge in [-0.05, 0) is 17.5 Å². The van der Waals surface area contributed by atoms with Crippen LogP contribution in [0, 0.1) is 0 Å². The Kier molecular flexibility index (Phi) is 3.05. The van der Waals surface area contributed by atoms with E-state index in [9.17, 15) is 9.90 Å². The van der Waals surface area contributed by atoms with E-state index in [1.165, 1.54) is 6.07 Å². The molecule has 2 aromatic carbocycles. The Morgan fingerprint density at radius 3 is 2.55 bits per heavy atom. The maximum atomic E-state index is 12.1. The highest BCUT2D eigenvalue weighted by Crippen LogP contribution is 2.23. The van der Waals surface area contributed by atoms with E-state index < -0.39 is 0 Å². The van der Waals surface area contributed by atoms with Gasteiger partial charge in [-0.1, -0.05) is 42.5 Å². The number of hydrogen-bond donors (Lipinski definition) is 2. The number of rotatable bonds is 2. The van der Waals surface area contributed by atoms with E-state index in [1.54, 1.807) is 12.1 Å². The first-order valence-corrected chi connectivity index (χ1v) is 6.19. The lowest BCUT2D eigenvalue weighted by atomic mass is 10.1. The molecule has 0 aliphatic heterocycles. The van der Waals surface area contributed by atoms with Gasteiger partial charge in [0.05, 0.1) is 0 Å². The second-order valence-corrected chi connectivity index (χ2v) is 4.36. The Labute approximate surface area is 115 Å². The van der Waals surface area contributed by atoms with Crippen LogP contribution < -0.4 is 5.32 Å². The van der Waals surface area contributed by atoms with Crippen molar-refractivity contribution in [2.75, 3.05) is 5.32 Å². The standard InChI is InChI=1S/C16H12N2O2/c19-15-10-4-9-14(17-15)16(20)18-13-8-3-6-11-5-1-2-7-12(11)13/h1-10H,(H,17,19)(H,18,20). The first-order chi connectivity index (χ1) is 9.74. The molecule has 0 unspecified atom stereocenters. The fourth-order valence-electron chi connectivity index (χ4n) is 2.07. The first kappa shape index (κ1) is 12.2. The van der Waals surface area contributed by atoms with Crippen LogP contribution in [0.4, 0.5) is 5.69 Å². The van der Waals surface area contributed by atoms with Gasteiger partial charge in [0.25, 0.3) is 5.91 Å². The molecule has 0 saturated carbocycles. The topological polar surface area (TPSA) is 62.2 Å². The smallest absolute Gasteiger partial charge is 0.274 e. The van der Waals surface area contributed by atoms with Crippen LogP contribution in [-0.4, -0.2) is 16.0 Å². The van der Waals surface area contributed by atoms with Gasteiger partial charge in [0.2, 0.25) is 5.88 Å². The predicted molar refractivity (Wildman–Crippen MR) is 77.8 cm³/mol. The lowest BCUT2D eigenvalue weighted by Crippen LogP contribution is -2.13. The maximum absolute atomic E-state index is 12.1. The Morgan fingerprint density at radius 2 is 1.70 bits per heavy atom. The van der Waals surface area contributed by atoms with Crippen LogP contribution in [0.15, 0.2) is 60.7 Å². The maximum Gasteiger partial charge on any atom is 0.274 e. The number of pyridine rings is 1. The summed E-state index contributed by atoms with van der Waals surface area (Å²) in [5, 5.41) is 14.1. The van der Waals surface area contributed by atoms with Gasteiger partial charge in [-0.25, -0.2) is 4.98 Å². The zero-order chi connectivity index (χ0) is 13.9. The summed E-state index contributed by atoms with van der Waals surface area (Å²) in [6.45, 7) is 0. The molecule has 98 valence electrons. The van der Waals surface area contributed by atoms with Gasteiger partial charge in [-0.15, -0.1) is 0 Å². The van der Waals surface area contributed by atoms with E-state index >= 15 is 0 Å². The zero-order valence-electron chi connectivity index (χ0n) is 10.6. The Hall–Kier alpha value is -2.88. The van der Waals surface area contributed by atoms with Crippen molar-refractivity contribution in [3.05, 3.63) is 66.4 Å². The van der Waals surface area contributed by atoms with Gasteiger partial charge in [0.1, 0.15) is 5.69 Å². The van der Waals surface area contributed by atoms with Crippen molar-refractivity contribution in [2.45, 2.75) is 0 Å². The molecule has 3 aromatic rings. The normalized spacial score (nSPS) is 10.4. The third-order valence-corrected chi connectivity index (χ3v) is 3.00. The summed E-state index contributed by atoms with van der Waals surface area (Å²) in [6, 6.07) is 18.1. The minimum atomic E-state index is -0.350. The summed E-state index contributed by atoms with van der Waals surface area (Å²) >= 11 is 0. The van der Waals surface area contributed by atoms with E-state index in [0.717, 1.165) is 16.5 Å². The number of fused-ring (bicyclic) bond motifs is 1. The Bertz CT molecular complexity index is 779. The van der Waals surface area contributed by atoms with Crippen molar-refractivity contribution in [1.29, 1.82) is 0 Å². The number of nitrogens with one attached hydrogen (secondary N) is 1. The van der Waals surface area contributed by atoms with E-state index in [0.29, 0.717) is 0 Å². The van der Waals surface area contributed by atoms with Crippen molar-refractivity contribution in [3.63, 3.8) is 0 Å². The van der Waals surface area contributed by atoms with Crippen LogP contribution in [0.2, 0.25) is 0 Å². The van der Waals surface area contributed by atoms with E-state index in [1.807, 2.05) is 42.5 Å². The molecular weight excluding hydrogens is 252 g/mol. The fourth-order valence-corrected chi connectivity index (χ4v) is 2.07. The van der Waals surface area contributed by atoms with Gasteiger partial charge in [0.15, 0.2) is 0 Å². The number of aromatic hydroxyl groups is 1. The molecule has 0 aliphatic carbocycles. The highest BCUT2D eigenvalue weighted by Gasteiger charge is 2.09. The second-order valence-electron chi connectivity index (χ2n) is 4.36. The number of benzene rings is 2. The molecule has 0 saturated heterocycles. The summed E-state index contributed by atoms with van der Waals surface area (Å²) in [5.74, 6) is -0.521. The Morgan fingerprint density at radius 1 is 0.950 bits per heavy atom. The van der Waals surface area contributed by atoms with E-state index in [2.05, 4.69) is 10.3 Å². The van der Waals surface area contributed by atoms with E-state index in [4.69, 9.17) is 0 Å². The summed E-state index contributed by atoms with van der Waals surface area (Å²) in [7, 11) is 0. The second kappa shape index (κ2) is 5.01. The van der Waals surface area contributed by atoms with E-state index in [-0.39, 0.29) is 17.5 Å². The van der Waals surface area contributed by atoms with Crippen LogP contribution in [0.1, 0.15) is 10.5 Å². The molecule has 0 bridgehead atoms. The zero-order valence-corrected chi connectivity index (χ0v) is 10.6. The van der Waals surface area contributed by atoms with Crippen LogP contribution in [0.25, 0.3) is 10.8 Å². The highest BCUT2D eigenvalue weighted by molar-refractivity contribution is 6.08. The van der Waals surface area contributed by atoms with Crippen molar-refractivity contribution in [2.24, 2.45) is 0 Å². The summed E-state index contributed by atoms with van der Waals surface area (Å²) in [6.07, 6.45) is 0. The predicted octanol–water partition coefficient (Wildman–Crippen LogP) is 3.19. The van der Waals surface area contributed by atoms with Gasteiger partial charge in [0, 0.05) is 17.1 Å². The molecule has 0 atom stereocenters. The highest BCUT2D eigenvalue weighted by atomic mass is 16.3. The number of nitrogens with zero attached hydrogens (tertiary/aromatic N) is 1. The van der Waals surface area contributed by atoms with Gasteiger partial charge in [-0.2, -0.15) is 0 Å². The molecule has 1 heterocycles. The average Bonchev–Trinajstić information content (AvgIpc) is 2.47. The molecule has 0 radical (unpaired) electrons. The number of hydrogen-bond acceptors (Lipinski definition) is 3. The number of amides is 1. The van der Waals surface area contributed by atoms with Gasteiger partial charge >= 0.3 is 0 Å². The molecule has 0 spiro atoms. The third kappa shape index (κ3) is 2.31. The minimum absolute atomic E-state index is 0.171. The number of aromatic nitrogens is 1. The molecule has 4 nitrogen and oxygen atoms in total. The monoisotopic (exact) mass is 264 g/mol. The van der Waals surface area contributed by atoms with Crippen molar-refractivity contribution in [1.82, 2.24) is 4.98 Å². The van der Waals surface area contributed by atoms with Crippen molar-refractivity contribution < 1.29 is 9.90 Å². The quantitative estimate of drug-likeness (QED) is 0.747. The average molecular weight is 264 g/mol. The molecule has 1 amide bonds. The third-order valence-electron chi connectivity index (χ3n) is 3.00. The number of carbonyl (C=O) groups excluding carboxylic acids is 1. The molecule has 3 rings (SSSR count). The van der Waals surface area contributed by atoms with Gasteiger partial charge < -0.3 is 10.4 Å². The lowest BCUT2D eigenvalue weighted by molar-refractivity contribution is 0.102. The molecule has 20 heavy (non-hydrogen) atoms. The Balaban J connectivity index is 1.95. The van der Waals surface area contributed by atoms with Crippen LogP contribution in [-0.2, 0) is 0 Å². The number of carbonyl (C=O) groups is 1. The molecule has 0 aliphatic rings. The molecular formula is C16H12N2O2. The summed E-state index contributed by atoms with van der Waals surface area (Å²) < 4.78 is 0. The van der Waals surface area contributed by atoms with Crippen LogP contribution in [0.3, 0.4) is 0 Å². The molecule has 2 N–H and O–H groups in total. The van der Waals surface area contributed by atoms with Gasteiger partial charge in [-0.3, -0.25) is 4.79 Å². The molecule has 1 aromatic heterocycles. The van der Waals surface area contributed by atoms with Crippen LogP contribution >= 0.6 is 0 Å².